The Balaban J connectivity index is 1.98. The van der Waals surface area contributed by atoms with Crippen molar-refractivity contribution in [3.8, 4) is 0 Å². The largest absolute Gasteiger partial charge is 0.314 e. The fraction of sp³-hybridized carbons (Fsp3) is 0.353. The molecule has 3 nitrogen and oxygen atoms in total. The van der Waals surface area contributed by atoms with Crippen molar-refractivity contribution in [2.45, 2.75) is 13.0 Å². The SMILES string of the molecule is CC(=O)C(c1ccc2ccccc2c1)N1CCNCC1. The third kappa shape index (κ3) is 2.60. The Morgan fingerprint density at radius 1 is 1.10 bits per heavy atom. The van der Waals surface area contributed by atoms with Crippen LogP contribution < -0.4 is 5.32 Å². The van der Waals surface area contributed by atoms with E-state index < -0.39 is 0 Å². The number of nitrogens with one attached hydrogen (secondary N) is 1. The Morgan fingerprint density at radius 2 is 1.80 bits per heavy atom. The van der Waals surface area contributed by atoms with Crippen LogP contribution in [0.25, 0.3) is 10.8 Å². The minimum atomic E-state index is -0.110. The summed E-state index contributed by atoms with van der Waals surface area (Å²) >= 11 is 0. The van der Waals surface area contributed by atoms with E-state index in [9.17, 15) is 4.79 Å². The predicted octanol–water partition coefficient (Wildman–Crippen LogP) is 2.38. The zero-order valence-corrected chi connectivity index (χ0v) is 11.8. The zero-order chi connectivity index (χ0) is 13.9. The predicted molar refractivity (Wildman–Crippen MR) is 81.8 cm³/mol. The number of nitrogens with zero attached hydrogens (tertiary/aromatic N) is 1. The van der Waals surface area contributed by atoms with E-state index in [2.05, 4.69) is 40.5 Å². The van der Waals surface area contributed by atoms with Crippen LogP contribution in [0.5, 0.6) is 0 Å². The van der Waals surface area contributed by atoms with Crippen molar-refractivity contribution in [2.75, 3.05) is 26.2 Å². The van der Waals surface area contributed by atoms with Gasteiger partial charge in [-0.05, 0) is 29.3 Å². The van der Waals surface area contributed by atoms with Crippen LogP contribution in [0.2, 0.25) is 0 Å². The summed E-state index contributed by atoms with van der Waals surface area (Å²) < 4.78 is 0. The van der Waals surface area contributed by atoms with Gasteiger partial charge >= 0.3 is 0 Å². The summed E-state index contributed by atoms with van der Waals surface area (Å²) in [5.74, 6) is 0.224. The molecule has 1 fully saturated rings. The number of piperazine rings is 1. The maximum Gasteiger partial charge on any atom is 0.151 e. The van der Waals surface area contributed by atoms with Gasteiger partial charge in [0.1, 0.15) is 0 Å². The van der Waals surface area contributed by atoms with Gasteiger partial charge in [-0.1, -0.05) is 36.4 Å². The Kier molecular flexibility index (Phi) is 3.81. The number of carbonyl (C=O) groups is 1. The van der Waals surface area contributed by atoms with Gasteiger partial charge in [0.05, 0.1) is 6.04 Å². The van der Waals surface area contributed by atoms with Gasteiger partial charge < -0.3 is 5.32 Å². The first-order valence-corrected chi connectivity index (χ1v) is 7.19. The van der Waals surface area contributed by atoms with E-state index in [0.29, 0.717) is 0 Å². The molecule has 0 radical (unpaired) electrons. The van der Waals surface area contributed by atoms with Gasteiger partial charge in [-0.2, -0.15) is 0 Å². The van der Waals surface area contributed by atoms with E-state index in [-0.39, 0.29) is 11.8 Å². The number of ketones is 1. The van der Waals surface area contributed by atoms with Crippen molar-refractivity contribution in [2.24, 2.45) is 0 Å². The number of hydrogen-bond acceptors (Lipinski definition) is 3. The molecule has 1 unspecified atom stereocenters. The number of carbonyl (C=O) groups excluding carboxylic acids is 1. The van der Waals surface area contributed by atoms with Crippen molar-refractivity contribution in [1.82, 2.24) is 10.2 Å². The topological polar surface area (TPSA) is 32.3 Å². The molecular weight excluding hydrogens is 248 g/mol. The number of rotatable bonds is 3. The minimum absolute atomic E-state index is 0.110. The van der Waals surface area contributed by atoms with E-state index in [1.807, 2.05) is 12.1 Å². The van der Waals surface area contributed by atoms with E-state index in [4.69, 9.17) is 0 Å². The summed E-state index contributed by atoms with van der Waals surface area (Å²) in [6, 6.07) is 14.5. The van der Waals surface area contributed by atoms with E-state index in [1.54, 1.807) is 6.92 Å². The average Bonchev–Trinajstić information content (AvgIpc) is 2.48. The first-order chi connectivity index (χ1) is 9.75. The van der Waals surface area contributed by atoms with Crippen LogP contribution in [0.15, 0.2) is 42.5 Å². The van der Waals surface area contributed by atoms with Gasteiger partial charge in [-0.3, -0.25) is 9.69 Å². The fourth-order valence-corrected chi connectivity index (χ4v) is 3.02. The molecule has 1 heterocycles. The van der Waals surface area contributed by atoms with Crippen LogP contribution in [-0.4, -0.2) is 36.9 Å². The summed E-state index contributed by atoms with van der Waals surface area (Å²) in [7, 11) is 0. The molecule has 3 heteroatoms. The molecule has 0 aliphatic carbocycles. The lowest BCUT2D eigenvalue weighted by atomic mass is 9.98. The van der Waals surface area contributed by atoms with Crippen LogP contribution in [0.3, 0.4) is 0 Å². The van der Waals surface area contributed by atoms with Crippen molar-refractivity contribution in [1.29, 1.82) is 0 Å². The third-order valence-corrected chi connectivity index (χ3v) is 3.99. The molecule has 2 aromatic carbocycles. The Labute approximate surface area is 119 Å². The number of fused-ring (bicyclic) bond motifs is 1. The molecule has 0 saturated carbocycles. The van der Waals surface area contributed by atoms with Crippen molar-refractivity contribution < 1.29 is 4.79 Å². The maximum atomic E-state index is 12.1. The molecule has 0 aromatic heterocycles. The number of hydrogen-bond donors (Lipinski definition) is 1. The second kappa shape index (κ2) is 5.73. The second-order valence-electron chi connectivity index (χ2n) is 5.41. The first kappa shape index (κ1) is 13.3. The van der Waals surface area contributed by atoms with Crippen molar-refractivity contribution in [3.05, 3.63) is 48.0 Å². The summed E-state index contributed by atoms with van der Waals surface area (Å²) in [5, 5.41) is 5.76. The highest BCUT2D eigenvalue weighted by molar-refractivity contribution is 5.87. The lowest BCUT2D eigenvalue weighted by molar-refractivity contribution is -0.122. The maximum absolute atomic E-state index is 12.1. The van der Waals surface area contributed by atoms with Crippen LogP contribution >= 0.6 is 0 Å². The van der Waals surface area contributed by atoms with E-state index >= 15 is 0 Å². The molecule has 1 saturated heterocycles. The number of Topliss-reactive ketones (excluding diaryl/α,β-unsaturated/α-hetero) is 1. The summed E-state index contributed by atoms with van der Waals surface area (Å²) in [6.45, 7) is 5.46. The highest BCUT2D eigenvalue weighted by atomic mass is 16.1. The normalized spacial score (nSPS) is 18.1. The molecule has 104 valence electrons. The van der Waals surface area contributed by atoms with Gasteiger partial charge in [-0.15, -0.1) is 0 Å². The summed E-state index contributed by atoms with van der Waals surface area (Å²) in [6.07, 6.45) is 0. The molecule has 1 N–H and O–H groups in total. The van der Waals surface area contributed by atoms with Gasteiger partial charge in [-0.25, -0.2) is 0 Å². The third-order valence-electron chi connectivity index (χ3n) is 3.99. The second-order valence-corrected chi connectivity index (χ2v) is 5.41. The molecule has 20 heavy (non-hydrogen) atoms. The molecule has 1 atom stereocenters. The smallest absolute Gasteiger partial charge is 0.151 e. The summed E-state index contributed by atoms with van der Waals surface area (Å²) in [4.78, 5) is 14.4. The monoisotopic (exact) mass is 268 g/mol. The summed E-state index contributed by atoms with van der Waals surface area (Å²) in [5.41, 5.74) is 1.11. The van der Waals surface area contributed by atoms with Gasteiger partial charge in [0, 0.05) is 26.2 Å². The lowest BCUT2D eigenvalue weighted by Gasteiger charge is -2.33. The Hall–Kier alpha value is -1.71. The Bertz CT molecular complexity index is 617. The molecule has 2 aromatic rings. The van der Waals surface area contributed by atoms with Crippen molar-refractivity contribution in [3.63, 3.8) is 0 Å². The first-order valence-electron chi connectivity index (χ1n) is 7.19. The standard InChI is InChI=1S/C17H20N2O/c1-13(20)17(19-10-8-18-9-11-19)16-7-6-14-4-2-3-5-15(14)12-16/h2-7,12,17-18H,8-11H2,1H3. The molecule has 3 rings (SSSR count). The van der Waals surface area contributed by atoms with Gasteiger partial charge in [0.25, 0.3) is 0 Å². The highest BCUT2D eigenvalue weighted by Gasteiger charge is 2.25. The quantitative estimate of drug-likeness (QED) is 0.927. The average molecular weight is 268 g/mol. The van der Waals surface area contributed by atoms with Crippen LogP contribution in [0, 0.1) is 0 Å². The molecular formula is C17H20N2O. The van der Waals surface area contributed by atoms with Crippen LogP contribution in [0.4, 0.5) is 0 Å². The molecule has 0 bridgehead atoms. The lowest BCUT2D eigenvalue weighted by Crippen LogP contribution is -2.46. The van der Waals surface area contributed by atoms with E-state index in [1.165, 1.54) is 10.8 Å². The Morgan fingerprint density at radius 3 is 2.50 bits per heavy atom. The van der Waals surface area contributed by atoms with E-state index in [0.717, 1.165) is 31.7 Å². The van der Waals surface area contributed by atoms with Crippen LogP contribution in [-0.2, 0) is 4.79 Å². The molecule has 1 aliphatic rings. The number of benzene rings is 2. The van der Waals surface area contributed by atoms with Crippen molar-refractivity contribution >= 4 is 16.6 Å². The molecule has 1 aliphatic heterocycles. The highest BCUT2D eigenvalue weighted by Crippen LogP contribution is 2.25. The zero-order valence-electron chi connectivity index (χ0n) is 11.8. The minimum Gasteiger partial charge on any atom is -0.314 e. The van der Waals surface area contributed by atoms with Crippen LogP contribution in [0.1, 0.15) is 18.5 Å². The molecule has 0 spiro atoms. The van der Waals surface area contributed by atoms with Gasteiger partial charge in [0.2, 0.25) is 0 Å². The molecule has 0 amide bonds. The van der Waals surface area contributed by atoms with Gasteiger partial charge in [0.15, 0.2) is 5.78 Å². The fourth-order valence-electron chi connectivity index (χ4n) is 3.02.